The van der Waals surface area contributed by atoms with E-state index in [9.17, 15) is 0 Å². The van der Waals surface area contributed by atoms with Crippen LogP contribution in [-0.4, -0.2) is 13.4 Å². The molecule has 0 saturated heterocycles. The molecule has 17 aromatic carbocycles. The van der Waals surface area contributed by atoms with Gasteiger partial charge in [-0.25, -0.2) is 0 Å². The van der Waals surface area contributed by atoms with E-state index in [0.717, 1.165) is 155 Å². The van der Waals surface area contributed by atoms with Gasteiger partial charge in [0.2, 0.25) is 6.71 Å². The Labute approximate surface area is 666 Å². The topological polar surface area (TPSA) is 16.2 Å². The van der Waals surface area contributed by atoms with Gasteiger partial charge in [0.15, 0.2) is 0 Å². The normalized spacial score (nSPS) is 12.7. The van der Waals surface area contributed by atoms with Crippen molar-refractivity contribution in [3.63, 3.8) is 0 Å². The highest BCUT2D eigenvalue weighted by Gasteiger charge is 2.50. The molecule has 114 heavy (non-hydrogen) atoms. The van der Waals surface area contributed by atoms with Crippen LogP contribution < -0.4 is 57.3 Å². The van der Waals surface area contributed by atoms with Crippen molar-refractivity contribution in [1.82, 2.24) is 0 Å². The predicted molar refractivity (Wildman–Crippen MR) is 472 cm³/mol. The molecule has 0 spiro atoms. The molecule has 0 radical (unpaired) electrons. The van der Waals surface area contributed by atoms with E-state index in [-0.39, 0.29) is 12.4 Å². The largest absolute Gasteiger partial charge is 0.418 e. The Morgan fingerprint density at radius 3 is 1.09 bits per heavy atom. The Bertz CT molecular complexity index is 6520. The minimum atomic E-state index is -4.84. The van der Waals surface area contributed by atoms with Crippen LogP contribution >= 0.6 is 11.8 Å². The summed E-state index contributed by atoms with van der Waals surface area (Å²) < 4.78 is 52.1. The maximum Gasteiger partial charge on any atom is 0.418 e. The van der Waals surface area contributed by atoms with E-state index in [0.29, 0.717) is 22.5 Å². The van der Waals surface area contributed by atoms with Gasteiger partial charge in [0.05, 0.1) is 28.3 Å². The Hall–Kier alpha value is -14.0. The third-order valence-corrected chi connectivity index (χ3v) is 24.0. The maximum atomic E-state index is 17.4. The lowest BCUT2D eigenvalue weighted by Crippen LogP contribution is -2.64. The van der Waals surface area contributed by atoms with E-state index in [2.05, 4.69) is 359 Å². The summed E-state index contributed by atoms with van der Waals surface area (Å²) in [6.07, 6.45) is -4.84. The molecular weight excluding hydrogens is 1420 g/mol. The van der Waals surface area contributed by atoms with E-state index in [1.807, 2.05) is 65.6 Å². The molecule has 0 aromatic heterocycles. The second-order valence-electron chi connectivity index (χ2n) is 29.3. The fourth-order valence-corrected chi connectivity index (χ4v) is 19.2. The third kappa shape index (κ3) is 11.6. The zero-order valence-electron chi connectivity index (χ0n) is 61.7. The first kappa shape index (κ1) is 68.1. The lowest BCUT2D eigenvalue weighted by Gasteiger charge is -2.46. The molecule has 21 rings (SSSR count). The van der Waals surface area contributed by atoms with Crippen molar-refractivity contribution in [3.8, 4) is 55.6 Å². The number of rotatable bonds is 14. The van der Waals surface area contributed by atoms with Crippen LogP contribution in [-0.2, 0) is 6.18 Å². The fourth-order valence-electron chi connectivity index (χ4n) is 18.0. The van der Waals surface area contributed by atoms with E-state index < -0.39 is 18.5 Å². The number of anilines is 15. The molecule has 4 aliphatic rings. The van der Waals surface area contributed by atoms with Crippen molar-refractivity contribution in [1.29, 1.82) is 0 Å². The predicted octanol–water partition coefficient (Wildman–Crippen LogP) is 24.8. The van der Waals surface area contributed by atoms with E-state index in [4.69, 9.17) is 0 Å². The molecule has 0 aliphatic carbocycles. The second-order valence-corrected chi connectivity index (χ2v) is 30.4. The molecule has 538 valence electrons. The molecule has 0 atom stereocenters. The molecular formula is C103H68B2F3N5S. The molecule has 11 heteroatoms. The summed E-state index contributed by atoms with van der Waals surface area (Å²) in [6, 6.07) is 143. The zero-order chi connectivity index (χ0) is 76.0. The zero-order valence-corrected chi connectivity index (χ0v) is 62.5. The third-order valence-electron chi connectivity index (χ3n) is 22.9. The van der Waals surface area contributed by atoms with Gasteiger partial charge >= 0.3 is 6.18 Å². The minimum absolute atomic E-state index is 0.0297. The molecule has 17 aromatic rings. The number of alkyl halides is 3. The molecule has 0 amide bonds. The number of fused-ring (bicyclic) bond motifs is 8. The van der Waals surface area contributed by atoms with Gasteiger partial charge < -0.3 is 24.5 Å². The Morgan fingerprint density at radius 2 is 0.614 bits per heavy atom. The summed E-state index contributed by atoms with van der Waals surface area (Å²) in [5.41, 5.74) is 27.4. The van der Waals surface area contributed by atoms with Crippen LogP contribution in [0.25, 0.3) is 55.6 Å². The first-order chi connectivity index (χ1) is 56.2. The van der Waals surface area contributed by atoms with Crippen LogP contribution in [0.15, 0.2) is 422 Å². The van der Waals surface area contributed by atoms with Crippen LogP contribution in [0, 0.1) is 0 Å². The highest BCUT2D eigenvalue weighted by atomic mass is 32.2. The van der Waals surface area contributed by atoms with Crippen molar-refractivity contribution in [3.05, 3.63) is 418 Å². The quantitative estimate of drug-likeness (QED) is 0.100. The van der Waals surface area contributed by atoms with Gasteiger partial charge in [0, 0.05) is 89.0 Å². The molecule has 0 bridgehead atoms. The molecule has 4 aliphatic heterocycles. The van der Waals surface area contributed by atoms with E-state index in [1.165, 1.54) is 6.07 Å². The number of hydrogen-bond acceptors (Lipinski definition) is 6. The number of halogens is 3. The average molecular weight is 1490 g/mol. The van der Waals surface area contributed by atoms with Crippen LogP contribution in [0.1, 0.15) is 5.56 Å². The van der Waals surface area contributed by atoms with Crippen molar-refractivity contribution in [2.45, 2.75) is 16.0 Å². The molecule has 0 saturated carbocycles. The smallest absolute Gasteiger partial charge is 0.311 e. The van der Waals surface area contributed by atoms with Gasteiger partial charge in [-0.2, -0.15) is 13.2 Å². The van der Waals surface area contributed by atoms with Gasteiger partial charge in [-0.1, -0.05) is 321 Å². The Kier molecular flexibility index (Phi) is 16.8. The molecule has 5 nitrogen and oxygen atoms in total. The first-order valence-corrected chi connectivity index (χ1v) is 39.4. The highest BCUT2D eigenvalue weighted by molar-refractivity contribution is 8.00. The summed E-state index contributed by atoms with van der Waals surface area (Å²) in [5.74, 6) is 0. The van der Waals surface area contributed by atoms with Crippen LogP contribution in [0.4, 0.5) is 98.5 Å². The summed E-state index contributed by atoms with van der Waals surface area (Å²) in [6.45, 7) is -0.855. The molecule has 0 fully saturated rings. The number of benzene rings is 17. The standard InChI is InChI=1S/C103H68B2F3N5S/c106-103(107,108)85-48-30-47-84(75-39-16-5-17-40-75)102(85)113-94-68-98-89(105-87-50-25-29-54-93(87)112(77-43-20-7-21-44-77)97-65-81(66-99(114-98)101(97)105)110(79-61-57-72(58-62-79)70-33-10-2-11-34-70)91-52-27-23-46-83(91)74-37-14-4-15-38-74)67-88(94)104-86-49-24-28-53-92(86)111(76-41-18-6-19-42-76)95-63-80(64-96(113)100(95)104)109(78-59-55-71(56-60-78)69-31-8-1-9-32-69)90-51-26-22-45-82(90)73-35-12-3-13-36-73/h1-68H. The second kappa shape index (κ2) is 28.1. The van der Waals surface area contributed by atoms with Gasteiger partial charge in [-0.05, 0) is 175 Å². The Balaban J connectivity index is 0.863. The van der Waals surface area contributed by atoms with E-state index >= 15 is 13.2 Å². The van der Waals surface area contributed by atoms with Crippen LogP contribution in [0.3, 0.4) is 0 Å². The molecule has 0 unspecified atom stereocenters. The SMILES string of the molecule is FC(F)(F)c1cccc(-c2ccccc2)c1N1c2cc3c(cc2B2c4ccccc4N(c4ccccc4)c4cc(N(c5ccc(-c6ccccc6)cc5)c5ccccc5-c5ccccc5)cc1c42)B1c2ccccc2N(c2ccccc2)c2cc(N(c4ccc(-c5ccccc5)cc4)c4ccccc4-c4ccccc4)cc(c21)S3. The summed E-state index contributed by atoms with van der Waals surface area (Å²) in [5, 5.41) is 0. The van der Waals surface area contributed by atoms with Crippen LogP contribution in [0.5, 0.6) is 0 Å². The fraction of sp³-hybridized carbons (Fsp3) is 0.00971. The minimum Gasteiger partial charge on any atom is -0.311 e. The lowest BCUT2D eigenvalue weighted by atomic mass is 9.31. The van der Waals surface area contributed by atoms with Gasteiger partial charge in [0.25, 0.3) is 6.71 Å². The van der Waals surface area contributed by atoms with Crippen molar-refractivity contribution < 1.29 is 13.2 Å². The highest BCUT2D eigenvalue weighted by Crippen LogP contribution is 2.56. The summed E-state index contributed by atoms with van der Waals surface area (Å²) in [7, 11) is 0. The van der Waals surface area contributed by atoms with E-state index in [1.54, 1.807) is 17.8 Å². The van der Waals surface area contributed by atoms with Gasteiger partial charge in [-0.3, -0.25) is 0 Å². The molecule has 4 heterocycles. The van der Waals surface area contributed by atoms with Gasteiger partial charge in [0.1, 0.15) is 0 Å². The lowest BCUT2D eigenvalue weighted by molar-refractivity contribution is -0.137. The van der Waals surface area contributed by atoms with Crippen molar-refractivity contribution in [2.24, 2.45) is 0 Å². The van der Waals surface area contributed by atoms with Gasteiger partial charge in [-0.15, -0.1) is 0 Å². The number of para-hydroxylation sites is 7. The summed E-state index contributed by atoms with van der Waals surface area (Å²) in [4.78, 5) is 13.5. The van der Waals surface area contributed by atoms with Crippen molar-refractivity contribution in [2.75, 3.05) is 24.5 Å². The Morgan fingerprint density at radius 1 is 0.246 bits per heavy atom. The number of nitrogens with zero attached hydrogens (tertiary/aromatic N) is 5. The first-order valence-electron chi connectivity index (χ1n) is 38.6. The maximum absolute atomic E-state index is 17.4. The van der Waals surface area contributed by atoms with Crippen molar-refractivity contribution >= 4 is 143 Å². The number of hydrogen-bond donors (Lipinski definition) is 0. The molecule has 0 N–H and O–H groups in total. The monoisotopic (exact) mass is 1490 g/mol. The summed E-state index contributed by atoms with van der Waals surface area (Å²) >= 11 is 1.70. The average Bonchev–Trinajstić information content (AvgIpc) is 0.682. The van der Waals surface area contributed by atoms with Crippen LogP contribution in [0.2, 0.25) is 0 Å².